The number of carbonyl (C=O) groups excluding carboxylic acids is 1. The first kappa shape index (κ1) is 20.4. The molecule has 0 saturated carbocycles. The maximum absolute atomic E-state index is 13.7. The number of carbonyl (C=O) groups is 1. The Balaban J connectivity index is 1.56. The van der Waals surface area contributed by atoms with E-state index in [1.165, 1.54) is 33.3 Å². The minimum atomic E-state index is -3.68. The number of fused-ring (bicyclic) bond motifs is 1. The van der Waals surface area contributed by atoms with Crippen LogP contribution in [0, 0.1) is 5.82 Å². The first-order valence-corrected chi connectivity index (χ1v) is 11.8. The average Bonchev–Trinajstić information content (AvgIpc) is 3.12. The van der Waals surface area contributed by atoms with E-state index in [4.69, 9.17) is 4.74 Å². The van der Waals surface area contributed by atoms with Crippen LogP contribution in [0.5, 0.6) is 0 Å². The number of benzene rings is 1. The van der Waals surface area contributed by atoms with Crippen LogP contribution >= 0.6 is 11.8 Å². The molecule has 1 fully saturated rings. The number of ether oxygens (including phenoxy) is 1. The fraction of sp³-hybridized carbons (Fsp3) is 0.421. The molecule has 2 aromatic rings. The average molecular weight is 440 g/mol. The van der Waals surface area contributed by atoms with E-state index in [2.05, 4.69) is 5.32 Å². The highest BCUT2D eigenvalue weighted by Gasteiger charge is 2.30. The Labute approximate surface area is 173 Å². The van der Waals surface area contributed by atoms with Crippen molar-refractivity contribution >= 4 is 27.7 Å². The van der Waals surface area contributed by atoms with Crippen molar-refractivity contribution in [1.29, 1.82) is 0 Å². The van der Waals surface area contributed by atoms with E-state index in [1.807, 2.05) is 0 Å². The molecule has 1 unspecified atom stereocenters. The number of hydrogen-bond donors (Lipinski definition) is 1. The summed E-state index contributed by atoms with van der Waals surface area (Å²) in [5.74, 6) is 0.0826. The molecule has 0 spiro atoms. The van der Waals surface area contributed by atoms with E-state index in [-0.39, 0.29) is 28.4 Å². The SMILES string of the molecule is Cn1cc(S(=O)(=O)N2CCOCC2)cc1C(=O)NC1CCSc2ccc(F)cc21. The summed E-state index contributed by atoms with van der Waals surface area (Å²) in [6.45, 7) is 1.30. The van der Waals surface area contributed by atoms with Gasteiger partial charge >= 0.3 is 0 Å². The number of nitrogens with zero attached hydrogens (tertiary/aromatic N) is 2. The van der Waals surface area contributed by atoms with Gasteiger partial charge in [-0.25, -0.2) is 12.8 Å². The molecule has 2 aliphatic rings. The van der Waals surface area contributed by atoms with E-state index >= 15 is 0 Å². The minimum Gasteiger partial charge on any atom is -0.379 e. The van der Waals surface area contributed by atoms with Crippen molar-refractivity contribution in [3.05, 3.63) is 47.5 Å². The third-order valence-corrected chi connectivity index (χ3v) is 8.12. The number of hydrogen-bond acceptors (Lipinski definition) is 5. The molecule has 1 atom stereocenters. The van der Waals surface area contributed by atoms with Crippen LogP contribution in [0.4, 0.5) is 4.39 Å². The Bertz CT molecular complexity index is 1030. The van der Waals surface area contributed by atoms with Gasteiger partial charge < -0.3 is 14.6 Å². The van der Waals surface area contributed by atoms with Crippen LogP contribution in [-0.2, 0) is 21.8 Å². The highest BCUT2D eigenvalue weighted by Crippen LogP contribution is 2.36. The zero-order chi connectivity index (χ0) is 20.6. The lowest BCUT2D eigenvalue weighted by Crippen LogP contribution is -2.40. The van der Waals surface area contributed by atoms with Crippen LogP contribution < -0.4 is 5.32 Å². The standard InChI is InChI=1S/C19H22FN3O4S2/c1-22-12-14(29(25,26)23-5-7-27-8-6-23)11-17(22)19(24)21-16-4-9-28-18-3-2-13(20)10-15(16)18/h2-3,10-12,16H,4-9H2,1H3,(H,21,24). The number of amides is 1. The third kappa shape index (κ3) is 4.07. The molecule has 7 nitrogen and oxygen atoms in total. The Morgan fingerprint density at radius 1 is 1.28 bits per heavy atom. The zero-order valence-electron chi connectivity index (χ0n) is 15.9. The lowest BCUT2D eigenvalue weighted by atomic mass is 10.0. The second-order valence-corrected chi connectivity index (χ2v) is 10.1. The number of rotatable bonds is 4. The Hall–Kier alpha value is -1.88. The van der Waals surface area contributed by atoms with Gasteiger partial charge in [-0.05, 0) is 36.2 Å². The fourth-order valence-corrected chi connectivity index (χ4v) is 6.17. The van der Waals surface area contributed by atoms with Gasteiger partial charge in [-0.15, -0.1) is 11.8 Å². The summed E-state index contributed by atoms with van der Waals surface area (Å²) in [5, 5.41) is 2.94. The number of aromatic nitrogens is 1. The van der Waals surface area contributed by atoms with Crippen LogP contribution in [-0.4, -0.2) is 55.3 Å². The van der Waals surface area contributed by atoms with Gasteiger partial charge in [0.15, 0.2) is 0 Å². The Morgan fingerprint density at radius 2 is 2.03 bits per heavy atom. The second-order valence-electron chi connectivity index (χ2n) is 7.03. The summed E-state index contributed by atoms with van der Waals surface area (Å²) in [7, 11) is -2.05. The van der Waals surface area contributed by atoms with Crippen LogP contribution in [0.2, 0.25) is 0 Å². The van der Waals surface area contributed by atoms with Crippen molar-refractivity contribution in [2.75, 3.05) is 32.1 Å². The topological polar surface area (TPSA) is 80.6 Å². The minimum absolute atomic E-state index is 0.0812. The van der Waals surface area contributed by atoms with E-state index in [0.717, 1.165) is 16.2 Å². The molecule has 10 heteroatoms. The molecule has 29 heavy (non-hydrogen) atoms. The number of aryl methyl sites for hydroxylation is 1. The highest BCUT2D eigenvalue weighted by atomic mass is 32.2. The molecule has 1 N–H and O–H groups in total. The summed E-state index contributed by atoms with van der Waals surface area (Å²) in [4.78, 5) is 13.9. The molecule has 3 heterocycles. The normalized spacial score (nSPS) is 20.3. The van der Waals surface area contributed by atoms with Gasteiger partial charge in [0.05, 0.1) is 19.3 Å². The maximum Gasteiger partial charge on any atom is 0.268 e. The van der Waals surface area contributed by atoms with Crippen molar-refractivity contribution in [3.63, 3.8) is 0 Å². The van der Waals surface area contributed by atoms with Crippen molar-refractivity contribution in [2.45, 2.75) is 22.3 Å². The summed E-state index contributed by atoms with van der Waals surface area (Å²) in [5.41, 5.74) is 0.998. The molecule has 1 aromatic carbocycles. The van der Waals surface area contributed by atoms with Gasteiger partial charge in [0.25, 0.3) is 5.91 Å². The maximum atomic E-state index is 13.7. The van der Waals surface area contributed by atoms with Crippen LogP contribution in [0.1, 0.15) is 28.5 Å². The third-order valence-electron chi connectivity index (χ3n) is 5.14. The van der Waals surface area contributed by atoms with Gasteiger partial charge in [0.1, 0.15) is 16.4 Å². The smallest absolute Gasteiger partial charge is 0.268 e. The number of nitrogens with one attached hydrogen (secondary N) is 1. The Kier molecular flexibility index (Phi) is 5.69. The second kappa shape index (κ2) is 8.10. The Morgan fingerprint density at radius 3 is 2.79 bits per heavy atom. The summed E-state index contributed by atoms with van der Waals surface area (Å²) in [6.07, 6.45) is 2.13. The largest absolute Gasteiger partial charge is 0.379 e. The van der Waals surface area contributed by atoms with E-state index in [0.29, 0.717) is 32.7 Å². The van der Waals surface area contributed by atoms with Crippen molar-refractivity contribution < 1.29 is 22.3 Å². The quantitative estimate of drug-likeness (QED) is 0.790. The van der Waals surface area contributed by atoms with Gasteiger partial charge in [-0.3, -0.25) is 4.79 Å². The molecule has 1 saturated heterocycles. The molecule has 0 radical (unpaired) electrons. The van der Waals surface area contributed by atoms with Gasteiger partial charge in [-0.2, -0.15) is 4.31 Å². The first-order chi connectivity index (χ1) is 13.9. The lowest BCUT2D eigenvalue weighted by molar-refractivity contribution is 0.0730. The van der Waals surface area contributed by atoms with Gasteiger partial charge in [0.2, 0.25) is 10.0 Å². The molecule has 2 aliphatic heterocycles. The predicted octanol–water partition coefficient (Wildman–Crippen LogP) is 2.15. The molecule has 0 bridgehead atoms. The highest BCUT2D eigenvalue weighted by molar-refractivity contribution is 7.99. The van der Waals surface area contributed by atoms with Crippen molar-refractivity contribution in [3.8, 4) is 0 Å². The molecular weight excluding hydrogens is 417 g/mol. The van der Waals surface area contributed by atoms with E-state index in [9.17, 15) is 17.6 Å². The van der Waals surface area contributed by atoms with Crippen LogP contribution in [0.25, 0.3) is 0 Å². The molecular formula is C19H22FN3O4S2. The van der Waals surface area contributed by atoms with Crippen molar-refractivity contribution in [1.82, 2.24) is 14.2 Å². The zero-order valence-corrected chi connectivity index (χ0v) is 17.6. The monoisotopic (exact) mass is 439 g/mol. The molecule has 156 valence electrons. The molecule has 4 rings (SSSR count). The molecule has 1 aromatic heterocycles. The fourth-order valence-electron chi connectivity index (χ4n) is 3.58. The number of morpholine rings is 1. The lowest BCUT2D eigenvalue weighted by Gasteiger charge is -2.26. The molecule has 0 aliphatic carbocycles. The van der Waals surface area contributed by atoms with Crippen molar-refractivity contribution in [2.24, 2.45) is 7.05 Å². The molecule has 1 amide bonds. The van der Waals surface area contributed by atoms with Gasteiger partial charge in [0, 0.05) is 37.0 Å². The van der Waals surface area contributed by atoms with Crippen LogP contribution in [0.15, 0.2) is 40.3 Å². The summed E-state index contributed by atoms with van der Waals surface area (Å²) < 4.78 is 47.5. The summed E-state index contributed by atoms with van der Waals surface area (Å²) >= 11 is 1.63. The number of halogens is 1. The number of sulfonamides is 1. The van der Waals surface area contributed by atoms with Gasteiger partial charge in [-0.1, -0.05) is 0 Å². The predicted molar refractivity (Wildman–Crippen MR) is 107 cm³/mol. The summed E-state index contributed by atoms with van der Waals surface area (Å²) in [6, 6.07) is 5.67. The first-order valence-electron chi connectivity index (χ1n) is 9.33. The van der Waals surface area contributed by atoms with Crippen LogP contribution in [0.3, 0.4) is 0 Å². The van der Waals surface area contributed by atoms with E-state index in [1.54, 1.807) is 24.9 Å². The number of thioether (sulfide) groups is 1. The van der Waals surface area contributed by atoms with E-state index < -0.39 is 10.0 Å².